The van der Waals surface area contributed by atoms with Gasteiger partial charge in [0.2, 0.25) is 11.8 Å². The van der Waals surface area contributed by atoms with Gasteiger partial charge in [0.05, 0.1) is 0 Å². The van der Waals surface area contributed by atoms with Crippen molar-refractivity contribution in [2.24, 2.45) is 7.05 Å². The monoisotopic (exact) mass is 237 g/mol. The smallest absolute Gasteiger partial charge is 0.220 e. The van der Waals surface area contributed by atoms with Gasteiger partial charge in [0.25, 0.3) is 0 Å². The predicted molar refractivity (Wildman–Crippen MR) is 65.4 cm³/mol. The van der Waals surface area contributed by atoms with Gasteiger partial charge in [0.1, 0.15) is 0 Å². The van der Waals surface area contributed by atoms with Crippen LogP contribution in [0.1, 0.15) is 19.0 Å². The Morgan fingerprint density at radius 1 is 1.29 bits per heavy atom. The lowest BCUT2D eigenvalue weighted by Gasteiger charge is -2.06. The molecule has 0 atom stereocenters. The molecule has 17 heavy (non-hydrogen) atoms. The van der Waals surface area contributed by atoms with Gasteiger partial charge in [-0.3, -0.25) is 9.59 Å². The second-order valence-corrected chi connectivity index (χ2v) is 3.94. The van der Waals surface area contributed by atoms with Crippen molar-refractivity contribution >= 4 is 11.8 Å². The van der Waals surface area contributed by atoms with Crippen molar-refractivity contribution in [2.45, 2.75) is 19.8 Å². The fourth-order valence-electron chi connectivity index (χ4n) is 1.53. The Labute approximate surface area is 101 Å². The summed E-state index contributed by atoms with van der Waals surface area (Å²) in [5.74, 6) is -0.0698. The molecule has 0 spiro atoms. The molecule has 0 bridgehead atoms. The van der Waals surface area contributed by atoms with Crippen molar-refractivity contribution in [3.8, 4) is 0 Å². The predicted octanol–water partition coefficient (Wildman–Crippen LogP) is 0.210. The van der Waals surface area contributed by atoms with Crippen molar-refractivity contribution in [1.82, 2.24) is 15.2 Å². The second kappa shape index (κ2) is 6.73. The summed E-state index contributed by atoms with van der Waals surface area (Å²) in [6, 6.07) is 3.97. The Bertz CT molecular complexity index is 385. The first kappa shape index (κ1) is 13.3. The maximum atomic E-state index is 11.5. The van der Waals surface area contributed by atoms with Gasteiger partial charge in [-0.2, -0.15) is 0 Å². The zero-order valence-corrected chi connectivity index (χ0v) is 10.3. The molecular weight excluding hydrogens is 218 g/mol. The molecule has 5 nitrogen and oxygen atoms in total. The van der Waals surface area contributed by atoms with Crippen LogP contribution in [0, 0.1) is 0 Å². The standard InChI is InChI=1S/C12H19N3O2/c1-10(16)13-7-8-14-12(17)6-5-11-4-3-9-15(11)2/h3-4,9H,5-8H2,1-2H3,(H,13,16)(H,14,17). The fourth-order valence-corrected chi connectivity index (χ4v) is 1.53. The highest BCUT2D eigenvalue weighted by Crippen LogP contribution is 2.02. The van der Waals surface area contributed by atoms with E-state index in [9.17, 15) is 9.59 Å². The summed E-state index contributed by atoms with van der Waals surface area (Å²) in [5, 5.41) is 5.38. The molecule has 5 heteroatoms. The van der Waals surface area contributed by atoms with Crippen LogP contribution in [-0.4, -0.2) is 29.5 Å². The van der Waals surface area contributed by atoms with Crippen LogP contribution in [0.25, 0.3) is 0 Å². The molecular formula is C12H19N3O2. The quantitative estimate of drug-likeness (QED) is 0.695. The third-order valence-corrected chi connectivity index (χ3v) is 2.48. The van der Waals surface area contributed by atoms with E-state index in [1.54, 1.807) is 0 Å². The molecule has 0 fully saturated rings. The minimum absolute atomic E-state index is 0.0107. The van der Waals surface area contributed by atoms with Crippen LogP contribution in [0.5, 0.6) is 0 Å². The van der Waals surface area contributed by atoms with Crippen molar-refractivity contribution in [1.29, 1.82) is 0 Å². The van der Waals surface area contributed by atoms with Gasteiger partial charge >= 0.3 is 0 Å². The molecule has 0 saturated heterocycles. The zero-order valence-electron chi connectivity index (χ0n) is 10.3. The fraction of sp³-hybridized carbons (Fsp3) is 0.500. The lowest BCUT2D eigenvalue weighted by Crippen LogP contribution is -2.33. The molecule has 0 aliphatic rings. The van der Waals surface area contributed by atoms with Gasteiger partial charge in [0, 0.05) is 45.4 Å². The molecule has 1 aromatic rings. The minimum Gasteiger partial charge on any atom is -0.355 e. The van der Waals surface area contributed by atoms with Crippen molar-refractivity contribution in [3.05, 3.63) is 24.0 Å². The van der Waals surface area contributed by atoms with E-state index in [0.717, 1.165) is 12.1 Å². The summed E-state index contributed by atoms with van der Waals surface area (Å²) in [4.78, 5) is 22.0. The first-order chi connectivity index (χ1) is 8.09. The van der Waals surface area contributed by atoms with Gasteiger partial charge in [-0.1, -0.05) is 0 Å². The van der Waals surface area contributed by atoms with Crippen LogP contribution >= 0.6 is 0 Å². The molecule has 0 aromatic carbocycles. The number of rotatable bonds is 6. The van der Waals surface area contributed by atoms with Gasteiger partial charge < -0.3 is 15.2 Å². The first-order valence-electron chi connectivity index (χ1n) is 5.71. The number of hydrogen-bond acceptors (Lipinski definition) is 2. The topological polar surface area (TPSA) is 63.1 Å². The molecule has 1 aromatic heterocycles. The average Bonchev–Trinajstić information content (AvgIpc) is 2.67. The van der Waals surface area contributed by atoms with Crippen LogP contribution in [-0.2, 0) is 23.1 Å². The van der Waals surface area contributed by atoms with E-state index in [2.05, 4.69) is 10.6 Å². The number of carbonyl (C=O) groups excluding carboxylic acids is 2. The van der Waals surface area contributed by atoms with E-state index in [-0.39, 0.29) is 11.8 Å². The molecule has 94 valence electrons. The summed E-state index contributed by atoms with van der Waals surface area (Å²) in [6.07, 6.45) is 3.16. The molecule has 2 N–H and O–H groups in total. The van der Waals surface area contributed by atoms with Crippen LogP contribution in [0.15, 0.2) is 18.3 Å². The third-order valence-electron chi connectivity index (χ3n) is 2.48. The van der Waals surface area contributed by atoms with E-state index in [1.165, 1.54) is 6.92 Å². The normalized spacial score (nSPS) is 10.0. The van der Waals surface area contributed by atoms with Gasteiger partial charge in [-0.25, -0.2) is 0 Å². The summed E-state index contributed by atoms with van der Waals surface area (Å²) < 4.78 is 2.00. The number of carbonyl (C=O) groups is 2. The minimum atomic E-state index is -0.0805. The maximum absolute atomic E-state index is 11.5. The number of hydrogen-bond donors (Lipinski definition) is 2. The van der Waals surface area contributed by atoms with Crippen LogP contribution in [0.2, 0.25) is 0 Å². The Balaban J connectivity index is 2.13. The zero-order chi connectivity index (χ0) is 12.7. The largest absolute Gasteiger partial charge is 0.355 e. The molecule has 0 saturated carbocycles. The lowest BCUT2D eigenvalue weighted by atomic mass is 10.2. The molecule has 0 aliphatic carbocycles. The van der Waals surface area contributed by atoms with Crippen LogP contribution in [0.4, 0.5) is 0 Å². The number of nitrogens with zero attached hydrogens (tertiary/aromatic N) is 1. The Morgan fingerprint density at radius 3 is 2.59 bits per heavy atom. The Kier molecular flexibility index (Phi) is 5.26. The highest BCUT2D eigenvalue weighted by atomic mass is 16.2. The number of nitrogens with one attached hydrogen (secondary N) is 2. The highest BCUT2D eigenvalue weighted by molar-refractivity contribution is 5.76. The highest BCUT2D eigenvalue weighted by Gasteiger charge is 2.03. The van der Waals surface area contributed by atoms with E-state index < -0.39 is 0 Å². The average molecular weight is 237 g/mol. The summed E-state index contributed by atoms with van der Waals surface area (Å²) in [5.41, 5.74) is 1.14. The van der Waals surface area contributed by atoms with Crippen molar-refractivity contribution in [3.63, 3.8) is 0 Å². The first-order valence-corrected chi connectivity index (χ1v) is 5.71. The molecule has 0 radical (unpaired) electrons. The number of aryl methyl sites for hydroxylation is 2. The van der Waals surface area contributed by atoms with Gasteiger partial charge in [-0.05, 0) is 18.6 Å². The summed E-state index contributed by atoms with van der Waals surface area (Å²) in [7, 11) is 1.96. The van der Waals surface area contributed by atoms with Gasteiger partial charge in [0.15, 0.2) is 0 Å². The SMILES string of the molecule is CC(=O)NCCNC(=O)CCc1cccn1C. The molecule has 1 heterocycles. The Morgan fingerprint density at radius 2 is 2.00 bits per heavy atom. The number of amides is 2. The molecule has 1 rings (SSSR count). The molecule has 2 amide bonds. The van der Waals surface area contributed by atoms with E-state index in [1.807, 2.05) is 29.9 Å². The van der Waals surface area contributed by atoms with E-state index in [4.69, 9.17) is 0 Å². The van der Waals surface area contributed by atoms with Crippen LogP contribution < -0.4 is 10.6 Å². The second-order valence-electron chi connectivity index (χ2n) is 3.94. The van der Waals surface area contributed by atoms with Crippen LogP contribution in [0.3, 0.4) is 0 Å². The summed E-state index contributed by atoms with van der Waals surface area (Å²) >= 11 is 0. The van der Waals surface area contributed by atoms with E-state index in [0.29, 0.717) is 19.5 Å². The molecule has 0 unspecified atom stereocenters. The number of aromatic nitrogens is 1. The van der Waals surface area contributed by atoms with Crippen molar-refractivity contribution in [2.75, 3.05) is 13.1 Å². The van der Waals surface area contributed by atoms with Crippen molar-refractivity contribution < 1.29 is 9.59 Å². The Hall–Kier alpha value is -1.78. The third kappa shape index (κ3) is 5.19. The van der Waals surface area contributed by atoms with E-state index >= 15 is 0 Å². The maximum Gasteiger partial charge on any atom is 0.220 e. The summed E-state index contributed by atoms with van der Waals surface area (Å²) in [6.45, 7) is 2.41. The lowest BCUT2D eigenvalue weighted by molar-refractivity contribution is -0.122. The molecule has 0 aliphatic heterocycles. The van der Waals surface area contributed by atoms with Gasteiger partial charge in [-0.15, -0.1) is 0 Å².